The molecule has 0 saturated heterocycles. The molecule has 0 saturated carbocycles. The zero-order valence-corrected chi connectivity index (χ0v) is 10.6. The molecule has 0 heterocycles. The van der Waals surface area contributed by atoms with Crippen molar-refractivity contribution in [3.8, 4) is 0 Å². The Morgan fingerprint density at radius 2 is 2.15 bits per heavy atom. The SMILES string of the molecule is C[Si](C)(OC1C=CCCC1)C(Cl)Cl. The summed E-state index contributed by atoms with van der Waals surface area (Å²) in [6.07, 6.45) is 8.04. The summed E-state index contributed by atoms with van der Waals surface area (Å²) in [7, 11) is -1.89. The van der Waals surface area contributed by atoms with Crippen molar-refractivity contribution in [2.24, 2.45) is 0 Å². The van der Waals surface area contributed by atoms with Crippen molar-refractivity contribution in [3.05, 3.63) is 12.2 Å². The maximum atomic E-state index is 5.93. The van der Waals surface area contributed by atoms with Crippen molar-refractivity contribution in [3.63, 3.8) is 0 Å². The summed E-state index contributed by atoms with van der Waals surface area (Å²) >= 11 is 11.7. The summed E-state index contributed by atoms with van der Waals surface area (Å²) < 4.78 is 5.58. The lowest BCUT2D eigenvalue weighted by atomic mass is 10.1. The second-order valence-corrected chi connectivity index (χ2v) is 9.77. The van der Waals surface area contributed by atoms with Crippen LogP contribution in [0.25, 0.3) is 0 Å². The summed E-state index contributed by atoms with van der Waals surface area (Å²) in [5.74, 6) is 0. The fourth-order valence-electron chi connectivity index (χ4n) is 1.32. The van der Waals surface area contributed by atoms with Gasteiger partial charge in [0, 0.05) is 0 Å². The highest BCUT2D eigenvalue weighted by Gasteiger charge is 2.33. The third-order valence-electron chi connectivity index (χ3n) is 2.19. The maximum absolute atomic E-state index is 5.93. The van der Waals surface area contributed by atoms with Crippen molar-refractivity contribution < 1.29 is 4.43 Å². The molecule has 1 aliphatic rings. The Balaban J connectivity index is 2.46. The van der Waals surface area contributed by atoms with E-state index in [1.807, 2.05) is 0 Å². The van der Waals surface area contributed by atoms with Crippen LogP contribution in [0, 0.1) is 0 Å². The number of alkyl halides is 2. The van der Waals surface area contributed by atoms with E-state index < -0.39 is 8.32 Å². The first-order valence-electron chi connectivity index (χ1n) is 4.65. The molecule has 4 heteroatoms. The normalized spacial score (nSPS) is 23.9. The van der Waals surface area contributed by atoms with Crippen LogP contribution in [0.5, 0.6) is 0 Å². The monoisotopic (exact) mass is 238 g/mol. The van der Waals surface area contributed by atoms with Gasteiger partial charge in [0.15, 0.2) is 0 Å². The molecule has 0 amide bonds. The topological polar surface area (TPSA) is 9.23 Å². The van der Waals surface area contributed by atoms with Crippen molar-refractivity contribution in [1.29, 1.82) is 0 Å². The molecule has 0 fully saturated rings. The summed E-state index contributed by atoms with van der Waals surface area (Å²) in [5, 5.41) is 0. The first kappa shape index (κ1) is 11.6. The molecule has 1 unspecified atom stereocenters. The molecule has 1 rings (SSSR count). The Morgan fingerprint density at radius 3 is 2.62 bits per heavy atom. The molecule has 1 atom stereocenters. The Hall–Kier alpha value is 0.497. The van der Waals surface area contributed by atoms with Gasteiger partial charge in [-0.15, -0.1) is 23.2 Å². The number of hydrogen-bond acceptors (Lipinski definition) is 1. The third-order valence-corrected chi connectivity index (χ3v) is 7.31. The predicted octanol–water partition coefficient (Wildman–Crippen LogP) is 3.66. The fraction of sp³-hybridized carbons (Fsp3) is 0.778. The zero-order valence-electron chi connectivity index (χ0n) is 8.09. The Morgan fingerprint density at radius 1 is 1.46 bits per heavy atom. The van der Waals surface area contributed by atoms with E-state index in [0.29, 0.717) is 0 Å². The molecule has 1 aliphatic carbocycles. The Bertz CT molecular complexity index is 192. The molecular formula is C9H16Cl2OSi. The highest BCUT2D eigenvalue weighted by Crippen LogP contribution is 2.24. The molecule has 76 valence electrons. The van der Waals surface area contributed by atoms with Gasteiger partial charge in [-0.25, -0.2) is 0 Å². The van der Waals surface area contributed by atoms with Crippen molar-refractivity contribution in [1.82, 2.24) is 0 Å². The van der Waals surface area contributed by atoms with Gasteiger partial charge < -0.3 is 4.43 Å². The lowest BCUT2D eigenvalue weighted by Gasteiger charge is -2.29. The molecule has 0 aromatic heterocycles. The standard InChI is InChI=1S/C9H16Cl2OSi/c1-13(2,9(10)11)12-8-6-4-3-5-7-8/h4,6,8-9H,3,5,7H2,1-2H3. The molecule has 0 aromatic rings. The highest BCUT2D eigenvalue weighted by atomic mass is 35.5. The molecule has 0 aromatic carbocycles. The van der Waals surface area contributed by atoms with Crippen LogP contribution in [0.15, 0.2) is 12.2 Å². The number of halogens is 2. The number of hydrogen-bond donors (Lipinski definition) is 0. The second-order valence-electron chi connectivity index (χ2n) is 3.92. The van der Waals surface area contributed by atoms with Crippen LogP contribution in [0.3, 0.4) is 0 Å². The van der Waals surface area contributed by atoms with Gasteiger partial charge in [-0.3, -0.25) is 0 Å². The molecule has 0 spiro atoms. The zero-order chi connectivity index (χ0) is 9.90. The van der Waals surface area contributed by atoms with E-state index in [0.717, 1.165) is 6.42 Å². The summed E-state index contributed by atoms with van der Waals surface area (Å²) in [6.45, 7) is 4.11. The summed E-state index contributed by atoms with van der Waals surface area (Å²) in [6, 6.07) is 0. The van der Waals surface area contributed by atoms with E-state index in [9.17, 15) is 0 Å². The van der Waals surface area contributed by atoms with Crippen LogP contribution in [0.4, 0.5) is 0 Å². The maximum Gasteiger partial charge on any atom is 0.220 e. The number of rotatable bonds is 3. The quantitative estimate of drug-likeness (QED) is 0.415. The summed E-state index contributed by atoms with van der Waals surface area (Å²) in [4.78, 5) is 0. The average molecular weight is 239 g/mol. The van der Waals surface area contributed by atoms with Crippen molar-refractivity contribution in [2.75, 3.05) is 0 Å². The molecule has 0 N–H and O–H groups in total. The van der Waals surface area contributed by atoms with E-state index in [1.165, 1.54) is 12.8 Å². The molecule has 0 bridgehead atoms. The Labute approximate surface area is 91.2 Å². The molecule has 0 aliphatic heterocycles. The minimum atomic E-state index is -1.89. The van der Waals surface area contributed by atoms with Gasteiger partial charge >= 0.3 is 0 Å². The number of allylic oxidation sites excluding steroid dienone is 1. The smallest absolute Gasteiger partial charge is 0.220 e. The first-order chi connectivity index (χ1) is 6.02. The summed E-state index contributed by atoms with van der Waals surface area (Å²) in [5.41, 5.74) is 0. The average Bonchev–Trinajstić information content (AvgIpc) is 2.05. The van der Waals surface area contributed by atoms with E-state index in [2.05, 4.69) is 25.2 Å². The lowest BCUT2D eigenvalue weighted by molar-refractivity contribution is 0.221. The van der Waals surface area contributed by atoms with Gasteiger partial charge in [-0.1, -0.05) is 12.2 Å². The van der Waals surface area contributed by atoms with Gasteiger partial charge in [0.1, 0.15) is 4.46 Å². The van der Waals surface area contributed by atoms with E-state index in [1.54, 1.807) is 0 Å². The molecule has 13 heavy (non-hydrogen) atoms. The highest BCUT2D eigenvalue weighted by molar-refractivity contribution is 6.88. The molecule has 1 nitrogen and oxygen atoms in total. The van der Waals surface area contributed by atoms with Gasteiger partial charge in [0.2, 0.25) is 8.32 Å². The van der Waals surface area contributed by atoms with Gasteiger partial charge in [-0.2, -0.15) is 0 Å². The van der Waals surface area contributed by atoms with Crippen LogP contribution < -0.4 is 0 Å². The van der Waals surface area contributed by atoms with Crippen LogP contribution in [-0.2, 0) is 4.43 Å². The third kappa shape index (κ3) is 3.62. The van der Waals surface area contributed by atoms with Crippen LogP contribution in [-0.4, -0.2) is 18.9 Å². The van der Waals surface area contributed by atoms with Crippen LogP contribution in [0.1, 0.15) is 19.3 Å². The minimum absolute atomic E-state index is 0.246. The van der Waals surface area contributed by atoms with E-state index in [4.69, 9.17) is 27.6 Å². The van der Waals surface area contributed by atoms with Crippen molar-refractivity contribution >= 4 is 31.5 Å². The van der Waals surface area contributed by atoms with E-state index >= 15 is 0 Å². The fourth-order valence-corrected chi connectivity index (χ4v) is 2.71. The van der Waals surface area contributed by atoms with Gasteiger partial charge in [0.25, 0.3) is 0 Å². The molecular weight excluding hydrogens is 223 g/mol. The predicted molar refractivity (Wildman–Crippen MR) is 60.8 cm³/mol. The largest absolute Gasteiger partial charge is 0.408 e. The molecule has 0 radical (unpaired) electrons. The van der Waals surface area contributed by atoms with E-state index in [-0.39, 0.29) is 10.6 Å². The first-order valence-corrected chi connectivity index (χ1v) is 8.51. The van der Waals surface area contributed by atoms with Gasteiger partial charge in [0.05, 0.1) is 6.10 Å². The van der Waals surface area contributed by atoms with Gasteiger partial charge in [-0.05, 0) is 32.4 Å². The van der Waals surface area contributed by atoms with Crippen LogP contribution in [0.2, 0.25) is 13.1 Å². The minimum Gasteiger partial charge on any atom is -0.408 e. The second kappa shape index (κ2) is 4.83. The van der Waals surface area contributed by atoms with Crippen molar-refractivity contribution in [2.45, 2.75) is 42.9 Å². The Kier molecular flexibility index (Phi) is 4.30. The van der Waals surface area contributed by atoms with Crippen LogP contribution >= 0.6 is 23.2 Å². The lowest BCUT2D eigenvalue weighted by Crippen LogP contribution is -2.42.